The maximum atomic E-state index is 10.4. The maximum absolute atomic E-state index is 10.4. The minimum atomic E-state index is 0.0791. The highest BCUT2D eigenvalue weighted by Crippen LogP contribution is 2.09. The first-order valence-corrected chi connectivity index (χ1v) is 11.2. The van der Waals surface area contributed by atoms with Crippen LogP contribution in [0.3, 0.4) is 0 Å². The Morgan fingerprint density at radius 2 is 1.31 bits per heavy atom. The summed E-state index contributed by atoms with van der Waals surface area (Å²) in [4.78, 5) is 27.2. The lowest BCUT2D eigenvalue weighted by Gasteiger charge is -2.22. The van der Waals surface area contributed by atoms with E-state index in [1.54, 1.807) is 0 Å². The summed E-state index contributed by atoms with van der Waals surface area (Å²) in [7, 11) is 0. The van der Waals surface area contributed by atoms with Crippen molar-refractivity contribution in [2.45, 2.75) is 83.5 Å². The standard InChI is InChI=1S/C21H39N5O3/c22-20-24-21(25-29-20)23-14-13-17-26(15-9-5-1-3-7-11-18-27)16-10-6-2-4-8-12-19-28/h18-19H,1-17H2,(H3,22,23,24,25). The minimum absolute atomic E-state index is 0.0791. The number of nitrogens with zero attached hydrogens (tertiary/aromatic N) is 3. The van der Waals surface area contributed by atoms with E-state index in [4.69, 9.17) is 10.3 Å². The Hall–Kier alpha value is -1.96. The Morgan fingerprint density at radius 3 is 1.83 bits per heavy atom. The van der Waals surface area contributed by atoms with Gasteiger partial charge in [0, 0.05) is 19.4 Å². The van der Waals surface area contributed by atoms with Crippen LogP contribution in [-0.2, 0) is 9.59 Å². The third kappa shape index (κ3) is 14.7. The SMILES string of the molecule is Nc1nc(NCCCN(CCCCCCCC=O)CCCCCCCC=O)no1. The predicted octanol–water partition coefficient (Wildman–Crippen LogP) is 3.83. The van der Waals surface area contributed by atoms with E-state index in [2.05, 4.69) is 20.4 Å². The van der Waals surface area contributed by atoms with Gasteiger partial charge in [0.1, 0.15) is 12.6 Å². The third-order valence-corrected chi connectivity index (χ3v) is 4.97. The van der Waals surface area contributed by atoms with Crippen LogP contribution in [0.4, 0.5) is 12.0 Å². The number of nitrogen functional groups attached to an aromatic ring is 1. The van der Waals surface area contributed by atoms with Crippen LogP contribution in [-0.4, -0.2) is 53.8 Å². The zero-order valence-electron chi connectivity index (χ0n) is 17.8. The molecule has 0 aliphatic rings. The van der Waals surface area contributed by atoms with Crippen LogP contribution in [0, 0.1) is 0 Å². The van der Waals surface area contributed by atoms with Crippen molar-refractivity contribution in [2.24, 2.45) is 0 Å². The Kier molecular flexibility index (Phi) is 15.6. The minimum Gasteiger partial charge on any atom is -0.351 e. The lowest BCUT2D eigenvalue weighted by atomic mass is 10.1. The maximum Gasteiger partial charge on any atom is 0.320 e. The normalized spacial score (nSPS) is 11.1. The number of carbonyl (C=O) groups is 2. The van der Waals surface area contributed by atoms with Gasteiger partial charge in [-0.2, -0.15) is 4.98 Å². The van der Waals surface area contributed by atoms with Crippen molar-refractivity contribution < 1.29 is 14.1 Å². The van der Waals surface area contributed by atoms with E-state index < -0.39 is 0 Å². The van der Waals surface area contributed by atoms with Gasteiger partial charge in [-0.3, -0.25) is 0 Å². The van der Waals surface area contributed by atoms with Gasteiger partial charge in [0.05, 0.1) is 0 Å². The van der Waals surface area contributed by atoms with Gasteiger partial charge in [-0.1, -0.05) is 38.5 Å². The Balaban J connectivity index is 2.18. The largest absolute Gasteiger partial charge is 0.351 e. The van der Waals surface area contributed by atoms with Crippen molar-refractivity contribution in [1.82, 2.24) is 15.0 Å². The molecule has 0 saturated heterocycles. The number of aldehydes is 2. The van der Waals surface area contributed by atoms with E-state index in [1.807, 2.05) is 0 Å². The lowest BCUT2D eigenvalue weighted by molar-refractivity contribution is -0.108. The molecular formula is C21H39N5O3. The topological polar surface area (TPSA) is 114 Å². The first-order chi connectivity index (χ1) is 14.3. The summed E-state index contributed by atoms with van der Waals surface area (Å²) >= 11 is 0. The molecular weight excluding hydrogens is 370 g/mol. The van der Waals surface area contributed by atoms with E-state index in [0.29, 0.717) is 18.8 Å². The Morgan fingerprint density at radius 1 is 0.793 bits per heavy atom. The number of nitrogens with one attached hydrogen (secondary N) is 1. The second-order valence-corrected chi connectivity index (χ2v) is 7.52. The number of hydrogen-bond acceptors (Lipinski definition) is 8. The average Bonchev–Trinajstić information content (AvgIpc) is 3.14. The van der Waals surface area contributed by atoms with Gasteiger partial charge in [-0.15, -0.1) is 0 Å². The summed E-state index contributed by atoms with van der Waals surface area (Å²) < 4.78 is 4.75. The molecule has 8 nitrogen and oxygen atoms in total. The van der Waals surface area contributed by atoms with Crippen molar-refractivity contribution >= 4 is 24.5 Å². The van der Waals surface area contributed by atoms with Crippen LogP contribution in [0.1, 0.15) is 83.5 Å². The third-order valence-electron chi connectivity index (χ3n) is 4.97. The number of anilines is 2. The summed E-state index contributed by atoms with van der Waals surface area (Å²) in [6.07, 6.45) is 16.0. The molecule has 0 amide bonds. The Bertz CT molecular complexity index is 502. The summed E-state index contributed by atoms with van der Waals surface area (Å²) in [5.41, 5.74) is 5.42. The van der Waals surface area contributed by atoms with Crippen molar-refractivity contribution in [2.75, 3.05) is 37.2 Å². The molecule has 0 radical (unpaired) electrons. The molecule has 0 atom stereocenters. The van der Waals surface area contributed by atoms with Crippen LogP contribution >= 0.6 is 0 Å². The number of rotatable bonds is 21. The van der Waals surface area contributed by atoms with E-state index in [0.717, 1.165) is 70.9 Å². The van der Waals surface area contributed by atoms with Crippen molar-refractivity contribution in [3.05, 3.63) is 0 Å². The summed E-state index contributed by atoms with van der Waals surface area (Å²) in [5.74, 6) is 0.444. The van der Waals surface area contributed by atoms with E-state index in [-0.39, 0.29) is 6.01 Å². The van der Waals surface area contributed by atoms with Crippen molar-refractivity contribution in [3.63, 3.8) is 0 Å². The van der Waals surface area contributed by atoms with Crippen molar-refractivity contribution in [3.8, 4) is 0 Å². The molecule has 29 heavy (non-hydrogen) atoms. The smallest absolute Gasteiger partial charge is 0.320 e. The fourth-order valence-electron chi connectivity index (χ4n) is 3.33. The van der Waals surface area contributed by atoms with Gasteiger partial charge < -0.3 is 30.1 Å². The first kappa shape index (κ1) is 25.1. The van der Waals surface area contributed by atoms with Crippen LogP contribution in [0.5, 0.6) is 0 Å². The number of aromatic nitrogens is 2. The van der Waals surface area contributed by atoms with Gasteiger partial charge in [0.2, 0.25) is 0 Å². The average molecular weight is 410 g/mol. The molecule has 0 aliphatic heterocycles. The van der Waals surface area contributed by atoms with E-state index in [1.165, 1.54) is 38.5 Å². The fraction of sp³-hybridized carbons (Fsp3) is 0.810. The zero-order chi connectivity index (χ0) is 21.0. The first-order valence-electron chi connectivity index (χ1n) is 11.2. The summed E-state index contributed by atoms with van der Waals surface area (Å²) in [6, 6.07) is 0.0791. The molecule has 0 fully saturated rings. The van der Waals surface area contributed by atoms with Gasteiger partial charge >= 0.3 is 6.01 Å². The molecule has 0 bridgehead atoms. The summed E-state index contributed by atoms with van der Waals surface area (Å²) in [6.45, 7) is 4.06. The molecule has 0 saturated carbocycles. The number of carbonyl (C=O) groups excluding carboxylic acids is 2. The molecule has 0 aromatic carbocycles. The second-order valence-electron chi connectivity index (χ2n) is 7.52. The quantitative estimate of drug-likeness (QED) is 0.232. The molecule has 1 rings (SSSR count). The highest BCUT2D eigenvalue weighted by molar-refractivity contribution is 5.49. The second kappa shape index (κ2) is 18.1. The highest BCUT2D eigenvalue weighted by atomic mass is 16.5. The van der Waals surface area contributed by atoms with Gasteiger partial charge in [0.15, 0.2) is 0 Å². The molecule has 166 valence electrons. The van der Waals surface area contributed by atoms with Crippen LogP contribution in [0.15, 0.2) is 4.52 Å². The van der Waals surface area contributed by atoms with Crippen molar-refractivity contribution in [1.29, 1.82) is 0 Å². The predicted molar refractivity (Wildman–Crippen MR) is 116 cm³/mol. The van der Waals surface area contributed by atoms with Crippen LogP contribution < -0.4 is 11.1 Å². The fourth-order valence-corrected chi connectivity index (χ4v) is 3.33. The highest BCUT2D eigenvalue weighted by Gasteiger charge is 2.06. The number of nitrogens with two attached hydrogens (primary N) is 1. The molecule has 0 spiro atoms. The Labute approximate surface area is 175 Å². The molecule has 3 N–H and O–H groups in total. The molecule has 1 aromatic rings. The lowest BCUT2D eigenvalue weighted by Crippen LogP contribution is -2.28. The van der Waals surface area contributed by atoms with Crippen LogP contribution in [0.25, 0.3) is 0 Å². The monoisotopic (exact) mass is 409 g/mol. The van der Waals surface area contributed by atoms with E-state index >= 15 is 0 Å². The van der Waals surface area contributed by atoms with E-state index in [9.17, 15) is 9.59 Å². The molecule has 0 unspecified atom stereocenters. The van der Waals surface area contributed by atoms with Gasteiger partial charge in [-0.05, 0) is 56.9 Å². The van der Waals surface area contributed by atoms with Gasteiger partial charge in [0.25, 0.3) is 5.95 Å². The van der Waals surface area contributed by atoms with Crippen LogP contribution in [0.2, 0.25) is 0 Å². The van der Waals surface area contributed by atoms with Gasteiger partial charge in [-0.25, -0.2) is 0 Å². The number of hydrogen-bond donors (Lipinski definition) is 2. The molecule has 1 heterocycles. The number of unbranched alkanes of at least 4 members (excludes halogenated alkanes) is 10. The molecule has 0 aliphatic carbocycles. The zero-order valence-corrected chi connectivity index (χ0v) is 17.8. The molecule has 8 heteroatoms. The molecule has 1 aromatic heterocycles. The summed E-state index contributed by atoms with van der Waals surface area (Å²) in [5, 5.41) is 6.87.